The van der Waals surface area contributed by atoms with Crippen molar-refractivity contribution >= 4 is 22.2 Å². The van der Waals surface area contributed by atoms with Crippen molar-refractivity contribution in [1.29, 1.82) is 0 Å². The van der Waals surface area contributed by atoms with Crippen molar-refractivity contribution in [1.82, 2.24) is 0 Å². The molecule has 0 aromatic heterocycles. The van der Waals surface area contributed by atoms with Crippen molar-refractivity contribution in [2.24, 2.45) is 0 Å². The van der Waals surface area contributed by atoms with Gasteiger partial charge >= 0.3 is 22.2 Å². The third-order valence-corrected chi connectivity index (χ3v) is 5.86. The maximum atomic E-state index is 13.0. The summed E-state index contributed by atoms with van der Waals surface area (Å²) in [5, 5.41) is 8.83. The van der Waals surface area contributed by atoms with Gasteiger partial charge in [0, 0.05) is 12.0 Å². The summed E-state index contributed by atoms with van der Waals surface area (Å²) >= 11 is 0. The Labute approximate surface area is 189 Å². The molecule has 2 rings (SSSR count). The third-order valence-electron chi connectivity index (χ3n) is 4.49. The number of hydrogen-bond acceptors (Lipinski definition) is 6. The highest BCUT2D eigenvalue weighted by Crippen LogP contribution is 2.25. The Morgan fingerprint density at radius 1 is 0.969 bits per heavy atom. The molecule has 0 aliphatic rings. The lowest BCUT2D eigenvalue weighted by Crippen LogP contribution is -2.51. The number of carboxylic acid groups (broad SMARTS) is 1. The van der Waals surface area contributed by atoms with Gasteiger partial charge in [-0.3, -0.25) is 4.79 Å². The Hall–Kier alpha value is -2.75. The largest absolute Gasteiger partial charge is 0.551 e. The van der Waals surface area contributed by atoms with Crippen LogP contribution < -0.4 is 0 Å². The van der Waals surface area contributed by atoms with Crippen LogP contribution in [0.2, 0.25) is 0 Å². The van der Waals surface area contributed by atoms with Crippen molar-refractivity contribution in [3.8, 4) is 0 Å². The van der Waals surface area contributed by atoms with E-state index in [1.165, 1.54) is 19.2 Å². The fourth-order valence-corrected chi connectivity index (χ4v) is 3.96. The number of aryl methyl sites for hydroxylation is 2. The summed E-state index contributed by atoms with van der Waals surface area (Å²) in [6.45, 7) is 6.76. The topological polar surface area (TPSA) is 107 Å². The van der Waals surface area contributed by atoms with Crippen molar-refractivity contribution in [3.63, 3.8) is 0 Å². The van der Waals surface area contributed by atoms with Crippen molar-refractivity contribution in [3.05, 3.63) is 65.2 Å². The number of aliphatic carboxylic acids is 1. The van der Waals surface area contributed by atoms with E-state index in [2.05, 4.69) is 0 Å². The smallest absolute Gasteiger partial charge is 0.481 e. The van der Waals surface area contributed by atoms with E-state index in [9.17, 15) is 18.0 Å². The predicted octanol–water partition coefficient (Wildman–Crippen LogP) is 4.21. The first-order valence-electron chi connectivity index (χ1n) is 10.1. The zero-order valence-electron chi connectivity index (χ0n) is 19.0. The van der Waals surface area contributed by atoms with Crippen LogP contribution in [0.5, 0.6) is 0 Å². The number of ether oxygens (including phenoxy) is 1. The maximum absolute atomic E-state index is 13.0. The first-order valence-corrected chi connectivity index (χ1v) is 11.5. The zero-order chi connectivity index (χ0) is 24.2. The molecule has 8 nitrogen and oxygen atoms in total. The summed E-state index contributed by atoms with van der Waals surface area (Å²) < 4.78 is 35.7. The van der Waals surface area contributed by atoms with Crippen LogP contribution in [0.15, 0.2) is 53.4 Å². The number of carbonyl (C=O) groups is 2. The molecule has 0 aliphatic heterocycles. The van der Waals surface area contributed by atoms with Crippen LogP contribution in [-0.4, -0.2) is 42.9 Å². The fraction of sp³-hybridized carbons (Fsp3) is 0.391. The Bertz CT molecular complexity index is 1060. The number of nitrogens with zero attached hydrogens (tertiary/aromatic N) is 1. The highest BCUT2D eigenvalue weighted by atomic mass is 32.2. The Kier molecular flexibility index (Phi) is 7.82. The van der Waals surface area contributed by atoms with Crippen LogP contribution in [0.1, 0.15) is 43.9 Å². The molecule has 1 unspecified atom stereocenters. The number of hydrogen-bond donors (Lipinski definition) is 1. The molecule has 0 aliphatic carbocycles. The molecule has 2 aromatic rings. The average molecular weight is 465 g/mol. The van der Waals surface area contributed by atoms with Gasteiger partial charge in [-0.2, -0.15) is 13.2 Å². The van der Waals surface area contributed by atoms with E-state index in [-0.39, 0.29) is 17.9 Å². The predicted molar refractivity (Wildman–Crippen MR) is 118 cm³/mol. The standard InChI is InChI=1S/C23H29NO7S/c1-17-6-13-20(14-7-17)32(28,29)31-24(5,22(27)30-23(2,3)4)16-19-10-8-18(9-11-19)12-15-21(25)26/h6-11,13-14H,12,15-16H2,1-5H3/p+1. The van der Waals surface area contributed by atoms with Gasteiger partial charge in [0.25, 0.3) is 0 Å². The molecule has 2 aromatic carbocycles. The number of benzene rings is 2. The number of hydroxylamine groups is 3. The molecule has 0 radical (unpaired) electrons. The summed E-state index contributed by atoms with van der Waals surface area (Å²) in [5.41, 5.74) is 1.47. The quantitative estimate of drug-likeness (QED) is 0.460. The molecule has 1 N–H and O–H groups in total. The lowest BCUT2D eigenvalue weighted by molar-refractivity contribution is -1.01. The SMILES string of the molecule is Cc1ccc(S(=O)(=O)O[N+](C)(Cc2ccc(CCC(=O)O)cc2)C(=O)OC(C)(C)C)cc1. The minimum Gasteiger partial charge on any atom is -0.481 e. The van der Waals surface area contributed by atoms with Gasteiger partial charge in [0.2, 0.25) is 0 Å². The van der Waals surface area contributed by atoms with Gasteiger partial charge < -0.3 is 9.84 Å². The van der Waals surface area contributed by atoms with Crippen molar-refractivity contribution < 1.29 is 36.8 Å². The maximum Gasteiger partial charge on any atom is 0.551 e. The van der Waals surface area contributed by atoms with E-state index < -0.39 is 32.4 Å². The van der Waals surface area contributed by atoms with Gasteiger partial charge in [-0.05, 0) is 51.8 Å². The molecule has 174 valence electrons. The van der Waals surface area contributed by atoms with E-state index in [1.807, 2.05) is 6.92 Å². The lowest BCUT2D eigenvalue weighted by atomic mass is 10.1. The normalized spacial score (nSPS) is 13.9. The van der Waals surface area contributed by atoms with Crippen molar-refractivity contribution in [2.45, 2.75) is 57.6 Å². The molecular weight excluding hydrogens is 434 g/mol. The molecule has 1 atom stereocenters. The summed E-state index contributed by atoms with van der Waals surface area (Å²) in [6, 6.07) is 13.0. The van der Waals surface area contributed by atoms with Crippen LogP contribution >= 0.6 is 0 Å². The molecule has 0 spiro atoms. The molecule has 0 bridgehead atoms. The number of amides is 1. The lowest BCUT2D eigenvalue weighted by Gasteiger charge is -2.29. The van der Waals surface area contributed by atoms with Gasteiger partial charge in [-0.15, -0.1) is 0 Å². The summed E-state index contributed by atoms with van der Waals surface area (Å²) in [6.07, 6.45) is -0.488. The number of carbonyl (C=O) groups excluding carboxylic acids is 1. The molecular formula is C23H30NO7S+. The van der Waals surface area contributed by atoms with Crippen LogP contribution in [0.3, 0.4) is 0 Å². The molecule has 1 amide bonds. The van der Waals surface area contributed by atoms with E-state index in [0.29, 0.717) is 12.0 Å². The fourth-order valence-electron chi connectivity index (χ4n) is 2.86. The van der Waals surface area contributed by atoms with Gasteiger partial charge in [0.05, 0.1) is 4.90 Å². The second kappa shape index (κ2) is 9.81. The first-order chi connectivity index (χ1) is 14.7. The summed E-state index contributed by atoms with van der Waals surface area (Å²) in [4.78, 5) is 23.7. The van der Waals surface area contributed by atoms with E-state index >= 15 is 0 Å². The van der Waals surface area contributed by atoms with Gasteiger partial charge in [-0.25, -0.2) is 0 Å². The highest BCUT2D eigenvalue weighted by molar-refractivity contribution is 7.86. The van der Waals surface area contributed by atoms with Crippen molar-refractivity contribution in [2.75, 3.05) is 7.05 Å². The van der Waals surface area contributed by atoms with Crippen LogP contribution in [-0.2, 0) is 36.9 Å². The molecule has 0 saturated carbocycles. The Morgan fingerprint density at radius 3 is 2.00 bits per heavy atom. The van der Waals surface area contributed by atoms with Gasteiger partial charge in [0.15, 0.2) is 0 Å². The van der Waals surface area contributed by atoms with Crippen LogP contribution in [0.25, 0.3) is 0 Å². The molecule has 32 heavy (non-hydrogen) atoms. The minimum atomic E-state index is -4.28. The minimum absolute atomic E-state index is 0.00291. The Morgan fingerprint density at radius 2 is 1.50 bits per heavy atom. The first kappa shape index (κ1) is 25.5. The molecule has 0 fully saturated rings. The Balaban J connectivity index is 2.33. The number of quaternary nitrogens is 1. The van der Waals surface area contributed by atoms with Crippen LogP contribution in [0.4, 0.5) is 4.79 Å². The zero-order valence-corrected chi connectivity index (χ0v) is 19.8. The van der Waals surface area contributed by atoms with E-state index in [0.717, 1.165) is 11.1 Å². The number of carboxylic acids is 1. The van der Waals surface area contributed by atoms with Crippen LogP contribution in [0, 0.1) is 6.92 Å². The summed E-state index contributed by atoms with van der Waals surface area (Å²) in [5.74, 6) is -0.891. The van der Waals surface area contributed by atoms with E-state index in [1.54, 1.807) is 57.2 Å². The second-order valence-corrected chi connectivity index (χ2v) is 10.3. The second-order valence-electron chi connectivity index (χ2n) is 8.79. The molecule has 0 saturated heterocycles. The number of rotatable bonds is 8. The van der Waals surface area contributed by atoms with Gasteiger partial charge in [-0.1, -0.05) is 50.9 Å². The third kappa shape index (κ3) is 7.44. The molecule has 9 heteroatoms. The molecule has 0 heterocycles. The monoisotopic (exact) mass is 464 g/mol. The average Bonchev–Trinajstić information content (AvgIpc) is 2.66. The van der Waals surface area contributed by atoms with E-state index in [4.69, 9.17) is 14.1 Å². The highest BCUT2D eigenvalue weighted by Gasteiger charge is 2.44. The van der Waals surface area contributed by atoms with Gasteiger partial charge in [0.1, 0.15) is 19.2 Å². The summed E-state index contributed by atoms with van der Waals surface area (Å²) in [7, 11) is -2.94.